The van der Waals surface area contributed by atoms with Gasteiger partial charge in [0.1, 0.15) is 0 Å². The first kappa shape index (κ1) is 11.4. The number of hydrogen-bond acceptors (Lipinski definition) is 5. The minimum Gasteiger partial charge on any atom is -0.504 e. The van der Waals surface area contributed by atoms with Gasteiger partial charge in [-0.2, -0.15) is 0 Å². The second-order valence-corrected chi connectivity index (χ2v) is 3.65. The monoisotopic (exact) mass is 235 g/mol. The van der Waals surface area contributed by atoms with Crippen LogP contribution in [0, 0.1) is 10.1 Å². The van der Waals surface area contributed by atoms with Gasteiger partial charge in [0, 0.05) is 6.07 Å². The Bertz CT molecular complexity index is 439. The van der Waals surface area contributed by atoms with E-state index in [1.54, 1.807) is 0 Å². The number of hydrogen-bond donors (Lipinski definition) is 3. The maximum atomic E-state index is 10.4. The topological polar surface area (TPSA) is 130 Å². The van der Waals surface area contributed by atoms with Crippen LogP contribution in [0.15, 0.2) is 18.2 Å². The fraction of sp³-hybridized carbons (Fsp3) is 0. The van der Waals surface area contributed by atoms with Gasteiger partial charge in [0.05, 0.1) is 11.0 Å². The third kappa shape index (κ3) is 3.21. The Morgan fingerprint density at radius 2 is 2.00 bits per heavy atom. The van der Waals surface area contributed by atoms with Crippen molar-refractivity contribution in [2.45, 2.75) is 0 Å². The summed E-state index contributed by atoms with van der Waals surface area (Å²) in [6, 6.07) is 2.60. The summed E-state index contributed by atoms with van der Waals surface area (Å²) in [5.74, 6) is -1.23. The predicted molar refractivity (Wildman–Crippen MR) is 47.4 cm³/mol. The van der Waals surface area contributed by atoms with E-state index in [0.717, 1.165) is 12.1 Å². The minimum absolute atomic E-state index is 0.448. The summed E-state index contributed by atoms with van der Waals surface area (Å²) in [6.45, 7) is 0. The highest BCUT2D eigenvalue weighted by molar-refractivity contribution is 7.46. The number of phosphoric acid groups is 1. The van der Waals surface area contributed by atoms with Crippen molar-refractivity contribution in [1.29, 1.82) is 0 Å². The third-order valence-electron chi connectivity index (χ3n) is 1.37. The van der Waals surface area contributed by atoms with Crippen molar-refractivity contribution >= 4 is 13.5 Å². The zero-order valence-corrected chi connectivity index (χ0v) is 8.00. The molecule has 0 atom stereocenters. The van der Waals surface area contributed by atoms with Crippen LogP contribution in [0.2, 0.25) is 0 Å². The first-order chi connectivity index (χ1) is 6.79. The first-order valence-corrected chi connectivity index (χ1v) is 5.05. The zero-order valence-electron chi connectivity index (χ0n) is 7.10. The maximum absolute atomic E-state index is 10.4. The van der Waals surface area contributed by atoms with Crippen LogP contribution < -0.4 is 4.52 Å². The van der Waals surface area contributed by atoms with E-state index < -0.39 is 29.9 Å². The predicted octanol–water partition coefficient (Wildman–Crippen LogP) is 0.772. The average Bonchev–Trinajstić information content (AvgIpc) is 2.06. The molecule has 15 heavy (non-hydrogen) atoms. The number of non-ortho nitro benzene ring substituents is 1. The number of nitro groups is 1. The second-order valence-electron chi connectivity index (χ2n) is 2.49. The van der Waals surface area contributed by atoms with E-state index in [9.17, 15) is 14.7 Å². The molecule has 1 aromatic rings. The Morgan fingerprint density at radius 1 is 1.40 bits per heavy atom. The van der Waals surface area contributed by atoms with Gasteiger partial charge in [0.25, 0.3) is 5.69 Å². The number of benzene rings is 1. The number of phenols is 1. The van der Waals surface area contributed by atoms with Gasteiger partial charge in [-0.05, 0) is 6.07 Å². The highest BCUT2D eigenvalue weighted by Crippen LogP contribution is 2.42. The molecule has 0 saturated heterocycles. The van der Waals surface area contributed by atoms with Crippen molar-refractivity contribution in [2.75, 3.05) is 0 Å². The van der Waals surface area contributed by atoms with Gasteiger partial charge in [-0.25, -0.2) is 4.57 Å². The normalized spacial score (nSPS) is 11.1. The fourth-order valence-electron chi connectivity index (χ4n) is 0.818. The maximum Gasteiger partial charge on any atom is 0.524 e. The van der Waals surface area contributed by atoms with Gasteiger partial charge in [0.15, 0.2) is 11.5 Å². The lowest BCUT2D eigenvalue weighted by Gasteiger charge is -2.07. The Hall–Kier alpha value is -1.63. The molecular formula is C6H6NO7P. The zero-order chi connectivity index (χ0) is 11.6. The molecule has 0 bridgehead atoms. The van der Waals surface area contributed by atoms with Crippen LogP contribution in [-0.4, -0.2) is 19.8 Å². The van der Waals surface area contributed by atoms with Crippen molar-refractivity contribution < 1.29 is 28.9 Å². The van der Waals surface area contributed by atoms with Crippen LogP contribution in [0.4, 0.5) is 5.69 Å². The molecule has 3 N–H and O–H groups in total. The van der Waals surface area contributed by atoms with Crippen molar-refractivity contribution in [2.24, 2.45) is 0 Å². The lowest BCUT2D eigenvalue weighted by atomic mass is 10.3. The molecule has 0 unspecified atom stereocenters. The standard InChI is InChI=1S/C6H6NO7P/c8-5-2-1-4(7(9)10)3-6(5)14-15(11,12)13/h1-3,8H,(H2,11,12,13). The number of nitrogens with zero attached hydrogens (tertiary/aromatic N) is 1. The van der Waals surface area contributed by atoms with Crippen molar-refractivity contribution in [3.05, 3.63) is 28.3 Å². The number of aromatic hydroxyl groups is 1. The average molecular weight is 235 g/mol. The fourth-order valence-corrected chi connectivity index (χ4v) is 1.22. The van der Waals surface area contributed by atoms with E-state index in [-0.39, 0.29) is 0 Å². The summed E-state index contributed by atoms with van der Waals surface area (Å²) >= 11 is 0. The molecule has 0 spiro atoms. The summed E-state index contributed by atoms with van der Waals surface area (Å²) in [5.41, 5.74) is -0.448. The quantitative estimate of drug-likeness (QED) is 0.400. The Morgan fingerprint density at radius 3 is 2.47 bits per heavy atom. The summed E-state index contributed by atoms with van der Waals surface area (Å²) in [6.07, 6.45) is 0. The largest absolute Gasteiger partial charge is 0.524 e. The number of phosphoric ester groups is 1. The molecule has 1 aromatic carbocycles. The summed E-state index contributed by atoms with van der Waals surface area (Å²) < 4.78 is 14.5. The SMILES string of the molecule is O=[N+]([O-])c1ccc(O)c(OP(=O)(O)O)c1. The Labute approximate surface area is 83.1 Å². The van der Waals surface area contributed by atoms with Crippen molar-refractivity contribution in [3.8, 4) is 11.5 Å². The van der Waals surface area contributed by atoms with Crippen LogP contribution in [0.25, 0.3) is 0 Å². The number of rotatable bonds is 3. The van der Waals surface area contributed by atoms with E-state index >= 15 is 0 Å². The molecule has 9 heteroatoms. The molecule has 0 aliphatic rings. The third-order valence-corrected chi connectivity index (χ3v) is 1.81. The van der Waals surface area contributed by atoms with Crippen LogP contribution >= 0.6 is 7.82 Å². The molecule has 0 aliphatic heterocycles. The lowest BCUT2D eigenvalue weighted by molar-refractivity contribution is -0.384. The highest BCUT2D eigenvalue weighted by Gasteiger charge is 2.20. The molecule has 1 rings (SSSR count). The number of nitro benzene ring substituents is 1. The van der Waals surface area contributed by atoms with E-state index in [4.69, 9.17) is 14.9 Å². The van der Waals surface area contributed by atoms with Gasteiger partial charge in [0.2, 0.25) is 0 Å². The molecule has 8 nitrogen and oxygen atoms in total. The van der Waals surface area contributed by atoms with E-state index in [1.807, 2.05) is 0 Å². The summed E-state index contributed by atoms with van der Waals surface area (Å²) in [5, 5.41) is 19.4. The molecule has 0 aromatic heterocycles. The first-order valence-electron chi connectivity index (χ1n) is 3.52. The van der Waals surface area contributed by atoms with Gasteiger partial charge in [-0.1, -0.05) is 0 Å². The molecule has 0 radical (unpaired) electrons. The molecule has 0 fully saturated rings. The van der Waals surface area contributed by atoms with Crippen LogP contribution in [0.5, 0.6) is 11.5 Å². The van der Waals surface area contributed by atoms with Crippen LogP contribution in [0.1, 0.15) is 0 Å². The van der Waals surface area contributed by atoms with Gasteiger partial charge >= 0.3 is 7.82 Å². The Kier molecular flexibility index (Phi) is 2.94. The molecule has 0 saturated carbocycles. The van der Waals surface area contributed by atoms with Gasteiger partial charge < -0.3 is 9.63 Å². The molecule has 0 amide bonds. The van der Waals surface area contributed by atoms with Crippen molar-refractivity contribution in [1.82, 2.24) is 0 Å². The highest BCUT2D eigenvalue weighted by atomic mass is 31.2. The molecule has 0 aliphatic carbocycles. The second kappa shape index (κ2) is 3.85. The summed E-state index contributed by atoms with van der Waals surface area (Å²) in [4.78, 5) is 26.4. The van der Waals surface area contributed by atoms with Gasteiger partial charge in [-0.3, -0.25) is 19.9 Å². The van der Waals surface area contributed by atoms with Gasteiger partial charge in [-0.15, -0.1) is 0 Å². The summed E-state index contributed by atoms with van der Waals surface area (Å²) in [7, 11) is -4.85. The molecule has 0 heterocycles. The minimum atomic E-state index is -4.85. The van der Waals surface area contributed by atoms with E-state index in [2.05, 4.69) is 4.52 Å². The Balaban J connectivity index is 3.11. The van der Waals surface area contributed by atoms with Crippen molar-refractivity contribution in [3.63, 3.8) is 0 Å². The van der Waals surface area contributed by atoms with E-state index in [0.29, 0.717) is 6.07 Å². The lowest BCUT2D eigenvalue weighted by Crippen LogP contribution is -1.93. The number of phenolic OH excluding ortho intramolecular Hbond substituents is 1. The molecular weight excluding hydrogens is 229 g/mol. The van der Waals surface area contributed by atoms with E-state index in [1.165, 1.54) is 0 Å². The van der Waals surface area contributed by atoms with Crippen LogP contribution in [-0.2, 0) is 4.57 Å². The van der Waals surface area contributed by atoms with Crippen LogP contribution in [0.3, 0.4) is 0 Å². The smallest absolute Gasteiger partial charge is 0.504 e. The molecule has 82 valence electrons.